The Balaban J connectivity index is 2.06. The van der Waals surface area contributed by atoms with Gasteiger partial charge in [0, 0.05) is 16.6 Å². The van der Waals surface area contributed by atoms with E-state index in [4.69, 9.17) is 4.74 Å². The standard InChI is InChI=1S/C15H14BrNO3/c1-9(18)11-7-13-12(16)8-15(11,14(19)20-13)17-10-5-3-2-4-6-10/h2-6,8,11,13,17H,7H2,1H3/t11-,13-,15+/m0/s1. The lowest BCUT2D eigenvalue weighted by molar-refractivity contribution is -0.164. The van der Waals surface area contributed by atoms with Crippen LogP contribution >= 0.6 is 15.9 Å². The van der Waals surface area contributed by atoms with E-state index in [1.54, 1.807) is 6.08 Å². The van der Waals surface area contributed by atoms with Crippen LogP contribution in [0, 0.1) is 5.92 Å². The number of anilines is 1. The van der Waals surface area contributed by atoms with Crippen molar-refractivity contribution in [3.63, 3.8) is 0 Å². The zero-order valence-electron chi connectivity index (χ0n) is 10.9. The lowest BCUT2D eigenvalue weighted by Gasteiger charge is -2.47. The van der Waals surface area contributed by atoms with Crippen molar-refractivity contribution in [2.45, 2.75) is 25.0 Å². The fourth-order valence-electron chi connectivity index (χ4n) is 2.88. The number of esters is 1. The van der Waals surface area contributed by atoms with E-state index in [1.165, 1.54) is 6.92 Å². The highest BCUT2D eigenvalue weighted by atomic mass is 79.9. The van der Waals surface area contributed by atoms with Gasteiger partial charge in [0.05, 0.1) is 5.92 Å². The van der Waals surface area contributed by atoms with Gasteiger partial charge in [0.1, 0.15) is 11.9 Å². The van der Waals surface area contributed by atoms with Gasteiger partial charge in [-0.15, -0.1) is 0 Å². The van der Waals surface area contributed by atoms with Crippen LogP contribution in [0.4, 0.5) is 5.69 Å². The first kappa shape index (κ1) is 13.4. The number of hydrogen-bond donors (Lipinski definition) is 1. The average molecular weight is 336 g/mol. The van der Waals surface area contributed by atoms with Gasteiger partial charge in [-0.1, -0.05) is 34.1 Å². The Hall–Kier alpha value is -1.62. The van der Waals surface area contributed by atoms with Crippen LogP contribution in [0.1, 0.15) is 13.3 Å². The lowest BCUT2D eigenvalue weighted by Crippen LogP contribution is -2.62. The van der Waals surface area contributed by atoms with Crippen molar-refractivity contribution in [2.24, 2.45) is 5.92 Å². The van der Waals surface area contributed by atoms with E-state index in [1.807, 2.05) is 30.3 Å². The molecule has 1 saturated heterocycles. The van der Waals surface area contributed by atoms with E-state index in [0.717, 1.165) is 10.2 Å². The van der Waals surface area contributed by atoms with E-state index in [-0.39, 0.29) is 17.9 Å². The Bertz CT molecular complexity index is 598. The van der Waals surface area contributed by atoms with Crippen molar-refractivity contribution in [3.05, 3.63) is 40.9 Å². The summed E-state index contributed by atoms with van der Waals surface area (Å²) in [6, 6.07) is 9.37. The molecule has 0 aromatic heterocycles. The second kappa shape index (κ2) is 4.74. The molecule has 4 nitrogen and oxygen atoms in total. The van der Waals surface area contributed by atoms with Gasteiger partial charge in [0.2, 0.25) is 0 Å². The molecule has 104 valence electrons. The molecule has 1 aromatic rings. The smallest absolute Gasteiger partial charge is 0.337 e. The molecule has 0 radical (unpaired) electrons. The summed E-state index contributed by atoms with van der Waals surface area (Å²) in [6.07, 6.45) is 1.96. The Labute approximate surface area is 125 Å². The van der Waals surface area contributed by atoms with E-state index >= 15 is 0 Å². The third kappa shape index (κ3) is 1.97. The van der Waals surface area contributed by atoms with Gasteiger partial charge >= 0.3 is 5.97 Å². The van der Waals surface area contributed by atoms with Gasteiger partial charge in [0.25, 0.3) is 0 Å². The molecular formula is C15H14BrNO3. The summed E-state index contributed by atoms with van der Waals surface area (Å²) in [7, 11) is 0. The van der Waals surface area contributed by atoms with Gasteiger partial charge in [-0.05, 0) is 25.1 Å². The summed E-state index contributed by atoms with van der Waals surface area (Å²) in [6.45, 7) is 1.52. The predicted octanol–water partition coefficient (Wildman–Crippen LogP) is 2.65. The molecule has 0 amide bonds. The molecule has 4 rings (SSSR count). The Kier molecular flexibility index (Phi) is 3.17. The number of fused-ring (bicyclic) bond motifs is 2. The maximum absolute atomic E-state index is 12.3. The van der Waals surface area contributed by atoms with Crippen molar-refractivity contribution < 1.29 is 14.3 Å². The van der Waals surface area contributed by atoms with Gasteiger partial charge in [-0.25, -0.2) is 4.79 Å². The highest BCUT2D eigenvalue weighted by Gasteiger charge is 2.57. The molecule has 0 unspecified atom stereocenters. The molecule has 1 fully saturated rings. The van der Waals surface area contributed by atoms with Crippen molar-refractivity contribution in [3.8, 4) is 0 Å². The normalized spacial score (nSPS) is 31.5. The van der Waals surface area contributed by atoms with Gasteiger partial charge in [0.15, 0.2) is 5.54 Å². The summed E-state index contributed by atoms with van der Waals surface area (Å²) >= 11 is 3.43. The number of halogens is 1. The van der Waals surface area contributed by atoms with Crippen LogP contribution in [0.25, 0.3) is 0 Å². The number of nitrogens with one attached hydrogen (secondary N) is 1. The zero-order valence-corrected chi connectivity index (χ0v) is 12.5. The molecule has 1 aromatic carbocycles. The van der Waals surface area contributed by atoms with Crippen LogP contribution in [0.3, 0.4) is 0 Å². The molecule has 5 heteroatoms. The van der Waals surface area contributed by atoms with Crippen LogP contribution < -0.4 is 5.32 Å². The minimum absolute atomic E-state index is 0.00803. The first-order valence-electron chi connectivity index (χ1n) is 6.46. The molecule has 0 spiro atoms. The predicted molar refractivity (Wildman–Crippen MR) is 78.5 cm³/mol. The van der Waals surface area contributed by atoms with Crippen LogP contribution in [-0.4, -0.2) is 23.4 Å². The molecule has 20 heavy (non-hydrogen) atoms. The number of para-hydroxylation sites is 1. The number of ether oxygens (including phenoxy) is 1. The number of carbonyl (C=O) groups excluding carboxylic acids is 2. The highest BCUT2D eigenvalue weighted by molar-refractivity contribution is 9.11. The number of carbonyl (C=O) groups is 2. The van der Waals surface area contributed by atoms with Crippen molar-refractivity contribution >= 4 is 33.4 Å². The SMILES string of the molecule is CC(=O)[C@@H]1C[C@@H]2OC(=O)[C@@]1(Nc1ccccc1)C=C2Br. The largest absolute Gasteiger partial charge is 0.455 e. The third-order valence-corrected chi connectivity index (χ3v) is 4.61. The number of hydrogen-bond acceptors (Lipinski definition) is 4. The quantitative estimate of drug-likeness (QED) is 0.863. The van der Waals surface area contributed by atoms with Crippen molar-refractivity contribution in [1.29, 1.82) is 0 Å². The fourth-order valence-corrected chi connectivity index (χ4v) is 3.52. The molecular weight excluding hydrogens is 322 g/mol. The van der Waals surface area contributed by atoms with Gasteiger partial charge < -0.3 is 10.1 Å². The molecule has 2 heterocycles. The average Bonchev–Trinajstić information content (AvgIpc) is 2.41. The number of rotatable bonds is 3. The maximum Gasteiger partial charge on any atom is 0.337 e. The van der Waals surface area contributed by atoms with E-state index in [9.17, 15) is 9.59 Å². The molecule has 1 aliphatic carbocycles. The second-order valence-corrected chi connectivity index (χ2v) is 6.10. The molecule has 0 saturated carbocycles. The second-order valence-electron chi connectivity index (χ2n) is 5.18. The van der Waals surface area contributed by atoms with E-state index in [2.05, 4.69) is 21.2 Å². The third-order valence-electron chi connectivity index (χ3n) is 3.88. The van der Waals surface area contributed by atoms with E-state index < -0.39 is 11.5 Å². The van der Waals surface area contributed by atoms with Crippen LogP contribution in [-0.2, 0) is 14.3 Å². The number of benzene rings is 1. The van der Waals surface area contributed by atoms with Crippen LogP contribution in [0.5, 0.6) is 0 Å². The summed E-state index contributed by atoms with van der Waals surface area (Å²) in [4.78, 5) is 24.3. The maximum atomic E-state index is 12.3. The minimum Gasteiger partial charge on any atom is -0.455 e. The molecule has 2 bridgehead atoms. The summed E-state index contributed by atoms with van der Waals surface area (Å²) in [5.74, 6) is -0.803. The first-order chi connectivity index (χ1) is 9.53. The molecule has 3 atom stereocenters. The van der Waals surface area contributed by atoms with Gasteiger partial charge in [-0.2, -0.15) is 0 Å². The summed E-state index contributed by atoms with van der Waals surface area (Å²) < 4.78 is 6.20. The molecule has 3 aliphatic rings. The van der Waals surface area contributed by atoms with Crippen molar-refractivity contribution in [2.75, 3.05) is 5.32 Å². The van der Waals surface area contributed by atoms with Gasteiger partial charge in [-0.3, -0.25) is 4.79 Å². The fraction of sp³-hybridized carbons (Fsp3) is 0.333. The number of ketones is 1. The van der Waals surface area contributed by atoms with Crippen LogP contribution in [0.2, 0.25) is 0 Å². The molecule has 2 aliphatic heterocycles. The topological polar surface area (TPSA) is 55.4 Å². The lowest BCUT2D eigenvalue weighted by atomic mass is 9.71. The Morgan fingerprint density at radius 3 is 2.75 bits per heavy atom. The zero-order chi connectivity index (χ0) is 14.3. The van der Waals surface area contributed by atoms with Crippen molar-refractivity contribution in [1.82, 2.24) is 0 Å². The Morgan fingerprint density at radius 2 is 2.10 bits per heavy atom. The monoisotopic (exact) mass is 335 g/mol. The molecule has 1 N–H and O–H groups in total. The summed E-state index contributed by atoms with van der Waals surface area (Å²) in [5, 5.41) is 3.19. The minimum atomic E-state index is -1.11. The number of Topliss-reactive ketones (excluding diaryl/α,β-unsaturated/α-hetero) is 1. The first-order valence-corrected chi connectivity index (χ1v) is 7.25. The highest BCUT2D eigenvalue weighted by Crippen LogP contribution is 2.44. The Morgan fingerprint density at radius 1 is 1.40 bits per heavy atom. The summed E-state index contributed by atoms with van der Waals surface area (Å²) in [5.41, 5.74) is -0.326. The van der Waals surface area contributed by atoms with Crippen LogP contribution in [0.15, 0.2) is 40.9 Å². The van der Waals surface area contributed by atoms with E-state index in [0.29, 0.717) is 6.42 Å².